The van der Waals surface area contributed by atoms with Gasteiger partial charge < -0.3 is 15.0 Å². The third-order valence-electron chi connectivity index (χ3n) is 5.63. The number of carbonyl (C=O) groups excluding carboxylic acids is 1. The summed E-state index contributed by atoms with van der Waals surface area (Å²) < 4.78 is 18.8. The maximum atomic E-state index is 13.4. The number of pyridine rings is 1. The van der Waals surface area contributed by atoms with Crippen LogP contribution in [0.15, 0.2) is 59.6 Å². The third-order valence-corrected chi connectivity index (χ3v) is 6.48. The lowest BCUT2D eigenvalue weighted by atomic mass is 9.99. The summed E-state index contributed by atoms with van der Waals surface area (Å²) in [4.78, 5) is 20.3. The lowest BCUT2D eigenvalue weighted by Gasteiger charge is -2.29. The van der Waals surface area contributed by atoms with Crippen molar-refractivity contribution in [2.45, 2.75) is 25.4 Å². The van der Waals surface area contributed by atoms with Crippen molar-refractivity contribution in [2.75, 3.05) is 37.0 Å². The average molecular weight is 466 g/mol. The van der Waals surface area contributed by atoms with Crippen LogP contribution >= 0.6 is 11.8 Å². The Morgan fingerprint density at radius 1 is 1.15 bits per heavy atom. The number of nitrogens with one attached hydrogen (secondary N) is 1. The Labute approximate surface area is 198 Å². The normalized spacial score (nSPS) is 13.7. The van der Waals surface area contributed by atoms with Gasteiger partial charge in [-0.3, -0.25) is 4.79 Å². The number of aromatic nitrogens is 1. The number of aryl methyl sites for hydroxylation is 1. The van der Waals surface area contributed by atoms with E-state index in [4.69, 9.17) is 9.72 Å². The smallest absolute Gasteiger partial charge is 0.254 e. The molecule has 172 valence electrons. The molecule has 1 aromatic heterocycles. The Kier molecular flexibility index (Phi) is 7.62. The Morgan fingerprint density at radius 3 is 2.61 bits per heavy atom. The number of amides is 1. The van der Waals surface area contributed by atoms with Gasteiger partial charge in [-0.25, -0.2) is 9.37 Å². The van der Waals surface area contributed by atoms with Crippen molar-refractivity contribution in [1.82, 2.24) is 10.3 Å². The zero-order chi connectivity index (χ0) is 23.2. The van der Waals surface area contributed by atoms with Crippen molar-refractivity contribution in [3.63, 3.8) is 0 Å². The molecule has 1 aliphatic rings. The first-order chi connectivity index (χ1) is 16.1. The fourth-order valence-electron chi connectivity index (χ4n) is 3.95. The van der Waals surface area contributed by atoms with Crippen LogP contribution in [-0.4, -0.2) is 42.9 Å². The number of rotatable bonds is 7. The first-order valence-electron chi connectivity index (χ1n) is 11.2. The van der Waals surface area contributed by atoms with E-state index in [0.29, 0.717) is 25.3 Å². The Hall–Kier alpha value is -2.90. The highest BCUT2D eigenvalue weighted by molar-refractivity contribution is 7.99. The van der Waals surface area contributed by atoms with Gasteiger partial charge in [-0.05, 0) is 53.1 Å². The van der Waals surface area contributed by atoms with E-state index in [1.165, 1.54) is 12.1 Å². The molecule has 0 radical (unpaired) electrons. The van der Waals surface area contributed by atoms with E-state index in [0.717, 1.165) is 51.9 Å². The molecule has 0 bridgehead atoms. The van der Waals surface area contributed by atoms with Crippen LogP contribution in [0.2, 0.25) is 0 Å². The molecule has 7 heteroatoms. The average Bonchev–Trinajstić information content (AvgIpc) is 2.84. The van der Waals surface area contributed by atoms with Gasteiger partial charge in [0.1, 0.15) is 16.7 Å². The van der Waals surface area contributed by atoms with E-state index >= 15 is 0 Å². The molecule has 0 atom stereocenters. The van der Waals surface area contributed by atoms with Gasteiger partial charge in [-0.2, -0.15) is 0 Å². The lowest BCUT2D eigenvalue weighted by molar-refractivity contribution is 0.0946. The second-order valence-corrected chi connectivity index (χ2v) is 9.11. The van der Waals surface area contributed by atoms with E-state index in [9.17, 15) is 9.18 Å². The number of thioether (sulfide) groups is 1. The molecule has 2 aromatic carbocycles. The lowest BCUT2D eigenvalue weighted by Crippen LogP contribution is -2.37. The number of anilines is 1. The summed E-state index contributed by atoms with van der Waals surface area (Å²) in [6.07, 6.45) is 0. The van der Waals surface area contributed by atoms with E-state index in [1.54, 1.807) is 23.9 Å². The molecule has 1 aliphatic heterocycles. The first kappa shape index (κ1) is 23.3. The highest BCUT2D eigenvalue weighted by Gasteiger charge is 2.21. The standard InChI is InChI=1S/C26H28FN3O2S/c1-3-33-26-24(18(2)16-23(29-26)30-12-14-32-15-13-30)25(31)28-17-20-6-4-5-7-22(20)19-8-10-21(27)11-9-19/h4-11,16H,3,12-15,17H2,1-2H3,(H,28,31). The number of hydrogen-bond acceptors (Lipinski definition) is 5. The number of halogens is 1. The maximum absolute atomic E-state index is 13.4. The largest absolute Gasteiger partial charge is 0.378 e. The van der Waals surface area contributed by atoms with Gasteiger partial charge in [-0.15, -0.1) is 11.8 Å². The minimum Gasteiger partial charge on any atom is -0.378 e. The van der Waals surface area contributed by atoms with Crippen molar-refractivity contribution in [1.29, 1.82) is 0 Å². The van der Waals surface area contributed by atoms with Crippen LogP contribution in [0, 0.1) is 12.7 Å². The van der Waals surface area contributed by atoms with Crippen LogP contribution in [0.4, 0.5) is 10.2 Å². The summed E-state index contributed by atoms with van der Waals surface area (Å²) in [5, 5.41) is 3.83. The minimum atomic E-state index is -0.269. The summed E-state index contributed by atoms with van der Waals surface area (Å²) in [7, 11) is 0. The fraction of sp³-hybridized carbons (Fsp3) is 0.308. The van der Waals surface area contributed by atoms with Gasteiger partial charge in [0.15, 0.2) is 0 Å². The van der Waals surface area contributed by atoms with Gasteiger partial charge in [0.05, 0.1) is 18.8 Å². The molecule has 1 fully saturated rings. The van der Waals surface area contributed by atoms with Crippen LogP contribution in [0.3, 0.4) is 0 Å². The molecule has 0 unspecified atom stereocenters. The first-order valence-corrected chi connectivity index (χ1v) is 12.1. The molecule has 1 amide bonds. The van der Waals surface area contributed by atoms with Crippen LogP contribution in [0.1, 0.15) is 28.4 Å². The predicted octanol–water partition coefficient (Wildman–Crippen LogP) is 5.07. The molecule has 0 spiro atoms. The summed E-state index contributed by atoms with van der Waals surface area (Å²) in [5.74, 6) is 1.31. The van der Waals surface area contributed by atoms with Gasteiger partial charge in [0, 0.05) is 19.6 Å². The van der Waals surface area contributed by atoms with E-state index in [-0.39, 0.29) is 11.7 Å². The third kappa shape index (κ3) is 5.54. The van der Waals surface area contributed by atoms with Gasteiger partial charge in [0.25, 0.3) is 5.91 Å². The van der Waals surface area contributed by atoms with Gasteiger partial charge in [-0.1, -0.05) is 43.3 Å². The van der Waals surface area contributed by atoms with Crippen LogP contribution < -0.4 is 10.2 Å². The van der Waals surface area contributed by atoms with Crippen molar-refractivity contribution >= 4 is 23.5 Å². The van der Waals surface area contributed by atoms with E-state index in [2.05, 4.69) is 17.1 Å². The monoisotopic (exact) mass is 465 g/mol. The van der Waals surface area contributed by atoms with Crippen molar-refractivity contribution in [3.8, 4) is 11.1 Å². The molecule has 1 saturated heterocycles. The van der Waals surface area contributed by atoms with Crippen molar-refractivity contribution in [2.24, 2.45) is 0 Å². The summed E-state index contributed by atoms with van der Waals surface area (Å²) >= 11 is 1.58. The van der Waals surface area contributed by atoms with Crippen LogP contribution in [0.25, 0.3) is 11.1 Å². The van der Waals surface area contributed by atoms with Crippen molar-refractivity contribution in [3.05, 3.63) is 77.1 Å². The summed E-state index contributed by atoms with van der Waals surface area (Å²) in [6.45, 7) is 7.37. The van der Waals surface area contributed by atoms with Gasteiger partial charge >= 0.3 is 0 Å². The quantitative estimate of drug-likeness (QED) is 0.494. The van der Waals surface area contributed by atoms with Crippen LogP contribution in [-0.2, 0) is 11.3 Å². The van der Waals surface area contributed by atoms with Crippen LogP contribution in [0.5, 0.6) is 0 Å². The molecule has 1 N–H and O–H groups in total. The second kappa shape index (κ2) is 10.8. The highest BCUT2D eigenvalue weighted by atomic mass is 32.2. The molecular formula is C26H28FN3O2S. The number of morpholine rings is 1. The number of ether oxygens (including phenoxy) is 1. The molecule has 4 rings (SSSR count). The number of carbonyl (C=O) groups is 1. The Bertz CT molecular complexity index is 1120. The number of benzene rings is 2. The Balaban J connectivity index is 1.56. The molecular weight excluding hydrogens is 437 g/mol. The second-order valence-electron chi connectivity index (χ2n) is 7.86. The molecule has 2 heterocycles. The predicted molar refractivity (Wildman–Crippen MR) is 131 cm³/mol. The molecule has 5 nitrogen and oxygen atoms in total. The summed E-state index contributed by atoms with van der Waals surface area (Å²) in [5.41, 5.74) is 4.39. The Morgan fingerprint density at radius 2 is 1.88 bits per heavy atom. The molecule has 0 saturated carbocycles. The molecule has 33 heavy (non-hydrogen) atoms. The number of hydrogen-bond donors (Lipinski definition) is 1. The van der Waals surface area contributed by atoms with E-state index in [1.807, 2.05) is 37.3 Å². The zero-order valence-corrected chi connectivity index (χ0v) is 19.8. The minimum absolute atomic E-state index is 0.140. The molecule has 0 aliphatic carbocycles. The zero-order valence-electron chi connectivity index (χ0n) is 18.9. The summed E-state index contributed by atoms with van der Waals surface area (Å²) in [6, 6.07) is 16.2. The number of nitrogens with zero attached hydrogens (tertiary/aromatic N) is 2. The maximum Gasteiger partial charge on any atom is 0.254 e. The van der Waals surface area contributed by atoms with E-state index < -0.39 is 0 Å². The highest BCUT2D eigenvalue weighted by Crippen LogP contribution is 2.29. The SMILES string of the molecule is CCSc1nc(N2CCOCC2)cc(C)c1C(=O)NCc1ccccc1-c1ccc(F)cc1. The topological polar surface area (TPSA) is 54.5 Å². The van der Waals surface area contributed by atoms with Crippen molar-refractivity contribution < 1.29 is 13.9 Å². The fourth-order valence-corrected chi connectivity index (χ4v) is 4.78. The molecule has 3 aromatic rings. The van der Waals surface area contributed by atoms with Gasteiger partial charge in [0.2, 0.25) is 0 Å².